The van der Waals surface area contributed by atoms with Crippen LogP contribution in [0.2, 0.25) is 0 Å². The lowest BCUT2D eigenvalue weighted by Gasteiger charge is -2.09. The number of carbonyl (C=O) groups is 2. The van der Waals surface area contributed by atoms with Gasteiger partial charge in [-0.25, -0.2) is 4.79 Å². The Morgan fingerprint density at radius 2 is 2.00 bits per heavy atom. The molecule has 0 spiro atoms. The minimum absolute atomic E-state index is 0.152. The zero-order valence-corrected chi connectivity index (χ0v) is 12.2. The molecule has 0 fully saturated rings. The molecular formula is C15H18N4O3. The molecule has 7 nitrogen and oxygen atoms in total. The van der Waals surface area contributed by atoms with E-state index in [0.717, 1.165) is 12.0 Å². The number of nitrogens with one attached hydrogen (secondary N) is 2. The molecule has 0 aliphatic rings. The summed E-state index contributed by atoms with van der Waals surface area (Å²) in [7, 11) is 0. The number of urea groups is 1. The fraction of sp³-hybridized carbons (Fsp3) is 0.200. The molecule has 0 aliphatic heterocycles. The van der Waals surface area contributed by atoms with Crippen LogP contribution in [-0.2, 0) is 0 Å². The van der Waals surface area contributed by atoms with Crippen molar-refractivity contribution in [3.8, 4) is 17.0 Å². The van der Waals surface area contributed by atoms with E-state index in [0.29, 0.717) is 18.1 Å². The summed E-state index contributed by atoms with van der Waals surface area (Å²) >= 11 is 0. The molecule has 2 rings (SSSR count). The second-order valence-electron chi connectivity index (χ2n) is 4.67. The van der Waals surface area contributed by atoms with Gasteiger partial charge in [-0.1, -0.05) is 19.1 Å². The number of aromatic nitrogens is 1. The monoisotopic (exact) mass is 302 g/mol. The number of anilines is 1. The summed E-state index contributed by atoms with van der Waals surface area (Å²) in [5.41, 5.74) is 11.9. The highest BCUT2D eigenvalue weighted by Gasteiger charge is 2.17. The van der Waals surface area contributed by atoms with E-state index in [2.05, 4.69) is 10.3 Å². The third-order valence-corrected chi connectivity index (χ3v) is 2.97. The van der Waals surface area contributed by atoms with Crippen LogP contribution < -0.4 is 21.5 Å². The van der Waals surface area contributed by atoms with Crippen LogP contribution in [0, 0.1) is 0 Å². The van der Waals surface area contributed by atoms with Crippen LogP contribution in [0.15, 0.2) is 30.3 Å². The first-order valence-electron chi connectivity index (χ1n) is 6.84. The van der Waals surface area contributed by atoms with Gasteiger partial charge < -0.3 is 21.2 Å². The predicted molar refractivity (Wildman–Crippen MR) is 83.7 cm³/mol. The van der Waals surface area contributed by atoms with Crippen molar-refractivity contribution < 1.29 is 14.3 Å². The first-order valence-corrected chi connectivity index (χ1v) is 6.84. The predicted octanol–water partition coefficient (Wildman–Crippen LogP) is 2.06. The topological polar surface area (TPSA) is 123 Å². The van der Waals surface area contributed by atoms with E-state index < -0.39 is 11.9 Å². The molecule has 1 aromatic heterocycles. The van der Waals surface area contributed by atoms with Crippen LogP contribution in [0.4, 0.5) is 10.6 Å². The maximum absolute atomic E-state index is 11.5. The second kappa shape index (κ2) is 6.66. The number of aromatic amines is 1. The maximum atomic E-state index is 11.5. The highest BCUT2D eigenvalue weighted by Crippen LogP contribution is 2.32. The van der Waals surface area contributed by atoms with Gasteiger partial charge in [0, 0.05) is 5.56 Å². The molecule has 2 aromatic rings. The molecule has 0 bridgehead atoms. The number of primary amides is 2. The molecule has 6 N–H and O–H groups in total. The van der Waals surface area contributed by atoms with Gasteiger partial charge >= 0.3 is 6.03 Å². The van der Waals surface area contributed by atoms with Gasteiger partial charge in [0.15, 0.2) is 0 Å². The van der Waals surface area contributed by atoms with Crippen LogP contribution in [0.25, 0.3) is 11.3 Å². The van der Waals surface area contributed by atoms with E-state index in [1.165, 1.54) is 0 Å². The highest BCUT2D eigenvalue weighted by atomic mass is 16.5. The number of benzene rings is 1. The van der Waals surface area contributed by atoms with E-state index in [1.807, 2.05) is 31.2 Å². The van der Waals surface area contributed by atoms with Crippen LogP contribution in [-0.4, -0.2) is 23.5 Å². The molecule has 0 radical (unpaired) electrons. The van der Waals surface area contributed by atoms with Crippen molar-refractivity contribution in [3.05, 3.63) is 35.9 Å². The minimum Gasteiger partial charge on any atom is -0.493 e. The number of nitrogens with two attached hydrogens (primary N) is 2. The Balaban J connectivity index is 2.44. The molecular weight excluding hydrogens is 284 g/mol. The van der Waals surface area contributed by atoms with E-state index in [1.54, 1.807) is 6.07 Å². The van der Waals surface area contributed by atoms with Crippen LogP contribution in [0.1, 0.15) is 23.7 Å². The van der Waals surface area contributed by atoms with Gasteiger partial charge in [0.2, 0.25) is 0 Å². The van der Waals surface area contributed by atoms with Crippen molar-refractivity contribution in [2.75, 3.05) is 11.9 Å². The Morgan fingerprint density at radius 3 is 2.64 bits per heavy atom. The zero-order valence-electron chi connectivity index (χ0n) is 12.2. The average molecular weight is 302 g/mol. The molecule has 0 unspecified atom stereocenters. The fourth-order valence-corrected chi connectivity index (χ4v) is 2.04. The summed E-state index contributed by atoms with van der Waals surface area (Å²) in [5.74, 6) is 0.172. The average Bonchev–Trinajstić information content (AvgIpc) is 2.88. The van der Waals surface area contributed by atoms with Gasteiger partial charge in [0.25, 0.3) is 5.91 Å². The summed E-state index contributed by atoms with van der Waals surface area (Å²) in [5, 5.41) is 2.35. The van der Waals surface area contributed by atoms with Gasteiger partial charge in [0.05, 0.1) is 17.9 Å². The first kappa shape index (κ1) is 15.4. The summed E-state index contributed by atoms with van der Waals surface area (Å²) in [6.07, 6.45) is 0.875. The normalized spacial score (nSPS) is 10.2. The number of amides is 3. The molecule has 22 heavy (non-hydrogen) atoms. The molecule has 7 heteroatoms. The highest BCUT2D eigenvalue weighted by molar-refractivity contribution is 6.03. The smallest absolute Gasteiger partial charge is 0.317 e. The van der Waals surface area contributed by atoms with Crippen LogP contribution >= 0.6 is 0 Å². The quantitative estimate of drug-likeness (QED) is 0.653. The number of para-hydroxylation sites is 1. The first-order chi connectivity index (χ1) is 10.5. The van der Waals surface area contributed by atoms with Crippen molar-refractivity contribution in [2.45, 2.75) is 13.3 Å². The number of hydrogen-bond acceptors (Lipinski definition) is 3. The number of rotatable bonds is 6. The molecule has 3 amide bonds. The Hall–Kier alpha value is -2.96. The van der Waals surface area contributed by atoms with Crippen molar-refractivity contribution >= 4 is 17.8 Å². The molecule has 0 aliphatic carbocycles. The maximum Gasteiger partial charge on any atom is 0.317 e. The SMILES string of the molecule is CCCOc1ccccc1-c1cc(C(N)=O)c(NC(N)=O)[nH]1. The lowest BCUT2D eigenvalue weighted by atomic mass is 10.1. The van der Waals surface area contributed by atoms with Gasteiger partial charge in [-0.15, -0.1) is 0 Å². The molecule has 0 saturated carbocycles. The van der Waals surface area contributed by atoms with E-state index in [9.17, 15) is 9.59 Å². The lowest BCUT2D eigenvalue weighted by Crippen LogP contribution is -2.22. The number of ether oxygens (including phenoxy) is 1. The number of carbonyl (C=O) groups excluding carboxylic acids is 2. The van der Waals surface area contributed by atoms with E-state index in [-0.39, 0.29) is 11.4 Å². The van der Waals surface area contributed by atoms with Crippen molar-refractivity contribution in [1.82, 2.24) is 4.98 Å². The number of H-pyrrole nitrogens is 1. The molecule has 1 heterocycles. The van der Waals surface area contributed by atoms with E-state index >= 15 is 0 Å². The summed E-state index contributed by atoms with van der Waals surface area (Å²) in [6, 6.07) is 8.15. The van der Waals surface area contributed by atoms with Crippen molar-refractivity contribution in [2.24, 2.45) is 11.5 Å². The largest absolute Gasteiger partial charge is 0.493 e. The van der Waals surface area contributed by atoms with Crippen molar-refractivity contribution in [1.29, 1.82) is 0 Å². The molecule has 0 saturated heterocycles. The second-order valence-corrected chi connectivity index (χ2v) is 4.67. The Kier molecular flexibility index (Phi) is 4.67. The lowest BCUT2D eigenvalue weighted by molar-refractivity contribution is 0.100. The van der Waals surface area contributed by atoms with Gasteiger partial charge in [0.1, 0.15) is 11.6 Å². The van der Waals surface area contributed by atoms with Gasteiger partial charge in [-0.05, 0) is 24.6 Å². The summed E-state index contributed by atoms with van der Waals surface area (Å²) < 4.78 is 5.68. The number of hydrogen-bond donors (Lipinski definition) is 4. The van der Waals surface area contributed by atoms with Crippen molar-refractivity contribution in [3.63, 3.8) is 0 Å². The molecule has 0 atom stereocenters. The zero-order chi connectivity index (χ0) is 16.1. The molecule has 116 valence electrons. The van der Waals surface area contributed by atoms with Gasteiger partial charge in [-0.3, -0.25) is 10.1 Å². The molecule has 1 aromatic carbocycles. The third-order valence-electron chi connectivity index (χ3n) is 2.97. The fourth-order valence-electron chi connectivity index (χ4n) is 2.04. The van der Waals surface area contributed by atoms with Crippen LogP contribution in [0.5, 0.6) is 5.75 Å². The third kappa shape index (κ3) is 3.38. The summed E-state index contributed by atoms with van der Waals surface area (Å²) in [4.78, 5) is 25.4. The summed E-state index contributed by atoms with van der Waals surface area (Å²) in [6.45, 7) is 2.59. The Bertz CT molecular complexity index is 694. The Morgan fingerprint density at radius 1 is 1.27 bits per heavy atom. The van der Waals surface area contributed by atoms with Gasteiger partial charge in [-0.2, -0.15) is 0 Å². The Labute approximate surface area is 127 Å². The standard InChI is InChI=1S/C15H18N4O3/c1-2-7-22-12-6-4-3-5-9(12)11-8-10(13(16)20)14(18-11)19-15(17)21/h3-6,8,18H,2,7H2,1H3,(H2,16,20)(H3,17,19,21). The van der Waals surface area contributed by atoms with Crippen LogP contribution in [0.3, 0.4) is 0 Å². The minimum atomic E-state index is -0.786. The van der Waals surface area contributed by atoms with E-state index in [4.69, 9.17) is 16.2 Å².